The van der Waals surface area contributed by atoms with Gasteiger partial charge in [0.2, 0.25) is 0 Å². The van der Waals surface area contributed by atoms with Crippen molar-refractivity contribution in [1.29, 1.82) is 0 Å². The summed E-state index contributed by atoms with van der Waals surface area (Å²) in [7, 11) is 0. The quantitative estimate of drug-likeness (QED) is 0.560. The molecule has 3 fully saturated rings. The topological polar surface area (TPSA) is 0 Å². The van der Waals surface area contributed by atoms with Gasteiger partial charge in [-0.1, -0.05) is 29.7 Å². The van der Waals surface area contributed by atoms with Crippen LogP contribution in [0.15, 0.2) is 22.8 Å². The van der Waals surface area contributed by atoms with Crippen molar-refractivity contribution in [2.75, 3.05) is 0 Å². The highest BCUT2D eigenvalue weighted by Crippen LogP contribution is 2.65. The molecule has 0 bridgehead atoms. The van der Waals surface area contributed by atoms with E-state index in [0.29, 0.717) is 0 Å². The maximum Gasteiger partial charge on any atom is 0.00473 e. The molecule has 0 heterocycles. The first-order valence-corrected chi connectivity index (χ1v) is 5.72. The van der Waals surface area contributed by atoms with E-state index in [2.05, 4.69) is 19.9 Å². The average molecular weight is 174 g/mol. The van der Waals surface area contributed by atoms with Gasteiger partial charge < -0.3 is 0 Å². The molecule has 3 aliphatic rings. The zero-order valence-electron chi connectivity index (χ0n) is 8.64. The van der Waals surface area contributed by atoms with E-state index in [0.717, 1.165) is 17.8 Å². The molecule has 3 saturated carbocycles. The van der Waals surface area contributed by atoms with Crippen molar-refractivity contribution in [3.63, 3.8) is 0 Å². The standard InChI is InChI=1S/C13H18/c1-3-8(4-2)11-7-13(11)12-6-9-5-10(9)12/h3,9-11H,4-7H2,1-2H3. The van der Waals surface area contributed by atoms with Crippen molar-refractivity contribution in [2.24, 2.45) is 17.8 Å². The monoisotopic (exact) mass is 174 g/mol. The molecule has 0 spiro atoms. The number of fused-ring (bicyclic) bond motifs is 1. The molecule has 0 nitrogen and oxygen atoms in total. The first-order valence-electron chi connectivity index (χ1n) is 5.72. The maximum atomic E-state index is 2.33. The van der Waals surface area contributed by atoms with Crippen LogP contribution in [0.1, 0.15) is 39.5 Å². The molecule has 3 unspecified atom stereocenters. The molecule has 13 heavy (non-hydrogen) atoms. The molecule has 0 radical (unpaired) electrons. The first kappa shape index (κ1) is 7.84. The van der Waals surface area contributed by atoms with Crippen molar-refractivity contribution in [1.82, 2.24) is 0 Å². The Balaban J connectivity index is 1.75. The largest absolute Gasteiger partial charge is 0.0878 e. The second-order valence-electron chi connectivity index (χ2n) is 4.83. The van der Waals surface area contributed by atoms with Crippen LogP contribution in [-0.2, 0) is 0 Å². The zero-order valence-corrected chi connectivity index (χ0v) is 8.64. The highest BCUT2D eigenvalue weighted by molar-refractivity contribution is 5.45. The molecule has 3 aliphatic carbocycles. The highest BCUT2D eigenvalue weighted by Gasteiger charge is 2.53. The summed E-state index contributed by atoms with van der Waals surface area (Å²) in [5.74, 6) is 3.11. The lowest BCUT2D eigenvalue weighted by atomic mass is 9.90. The van der Waals surface area contributed by atoms with Gasteiger partial charge in [0, 0.05) is 5.92 Å². The average Bonchev–Trinajstić information content (AvgIpc) is 2.97. The van der Waals surface area contributed by atoms with Crippen LogP contribution in [0.5, 0.6) is 0 Å². The molecule has 70 valence electrons. The summed E-state index contributed by atoms with van der Waals surface area (Å²) in [5.41, 5.74) is 5.41. The van der Waals surface area contributed by atoms with Crippen LogP contribution in [-0.4, -0.2) is 0 Å². The minimum absolute atomic E-state index is 0.895. The summed E-state index contributed by atoms with van der Waals surface area (Å²) in [6.45, 7) is 4.48. The Kier molecular flexibility index (Phi) is 1.51. The first-order chi connectivity index (χ1) is 6.35. The van der Waals surface area contributed by atoms with E-state index in [4.69, 9.17) is 0 Å². The van der Waals surface area contributed by atoms with Crippen molar-refractivity contribution in [2.45, 2.75) is 39.5 Å². The molecule has 3 atom stereocenters. The normalized spacial score (nSPS) is 46.9. The van der Waals surface area contributed by atoms with Crippen molar-refractivity contribution < 1.29 is 0 Å². The molecule has 3 rings (SSSR count). The fraction of sp³-hybridized carbons (Fsp3) is 0.692. The number of allylic oxidation sites excluding steroid dienone is 4. The van der Waals surface area contributed by atoms with Crippen LogP contribution < -0.4 is 0 Å². The van der Waals surface area contributed by atoms with E-state index in [-0.39, 0.29) is 0 Å². The lowest BCUT2D eigenvalue weighted by molar-refractivity contribution is 0.614. The molecule has 0 aliphatic heterocycles. The summed E-state index contributed by atoms with van der Waals surface area (Å²) < 4.78 is 0. The van der Waals surface area contributed by atoms with Crippen LogP contribution in [0.25, 0.3) is 0 Å². The lowest BCUT2D eigenvalue weighted by Gasteiger charge is -2.15. The highest BCUT2D eigenvalue weighted by atomic mass is 14.6. The van der Waals surface area contributed by atoms with Crippen LogP contribution in [0.2, 0.25) is 0 Å². The van der Waals surface area contributed by atoms with E-state index in [1.54, 1.807) is 5.57 Å². The summed E-state index contributed by atoms with van der Waals surface area (Å²) in [6, 6.07) is 0. The Bertz CT molecular complexity index is 306. The van der Waals surface area contributed by atoms with Gasteiger partial charge in [0.15, 0.2) is 0 Å². The second-order valence-corrected chi connectivity index (χ2v) is 4.83. The molecule has 0 heteroatoms. The van der Waals surface area contributed by atoms with Crippen LogP contribution in [0.4, 0.5) is 0 Å². The molecule has 0 aromatic heterocycles. The predicted octanol–water partition coefficient (Wildman–Crippen LogP) is 3.70. The summed E-state index contributed by atoms with van der Waals surface area (Å²) in [6.07, 6.45) is 8.00. The summed E-state index contributed by atoms with van der Waals surface area (Å²) in [4.78, 5) is 0. The van der Waals surface area contributed by atoms with Crippen LogP contribution >= 0.6 is 0 Å². The third kappa shape index (κ3) is 1.04. The van der Waals surface area contributed by atoms with Gasteiger partial charge in [0.25, 0.3) is 0 Å². The van der Waals surface area contributed by atoms with Crippen molar-refractivity contribution >= 4 is 0 Å². The van der Waals surface area contributed by atoms with Gasteiger partial charge in [0.1, 0.15) is 0 Å². The molecule has 0 N–H and O–H groups in total. The molecule has 0 amide bonds. The number of rotatable bonds is 2. The molecule has 0 saturated heterocycles. The van der Waals surface area contributed by atoms with Gasteiger partial charge in [-0.15, -0.1) is 0 Å². The smallest absolute Gasteiger partial charge is 0.00473 e. The Morgan fingerprint density at radius 3 is 2.69 bits per heavy atom. The third-order valence-corrected chi connectivity index (χ3v) is 4.18. The Morgan fingerprint density at radius 1 is 1.38 bits per heavy atom. The van der Waals surface area contributed by atoms with E-state index >= 15 is 0 Å². The minimum atomic E-state index is 0.895. The lowest BCUT2D eigenvalue weighted by Crippen LogP contribution is -2.02. The Morgan fingerprint density at radius 2 is 2.23 bits per heavy atom. The zero-order chi connectivity index (χ0) is 9.00. The van der Waals surface area contributed by atoms with Gasteiger partial charge in [-0.2, -0.15) is 0 Å². The third-order valence-electron chi connectivity index (χ3n) is 4.18. The van der Waals surface area contributed by atoms with Gasteiger partial charge in [-0.3, -0.25) is 0 Å². The summed E-state index contributed by atoms with van der Waals surface area (Å²) >= 11 is 0. The number of hydrogen-bond donors (Lipinski definition) is 0. The van der Waals surface area contributed by atoms with Crippen molar-refractivity contribution in [3.8, 4) is 0 Å². The van der Waals surface area contributed by atoms with E-state index < -0.39 is 0 Å². The molecular formula is C13H18. The van der Waals surface area contributed by atoms with Gasteiger partial charge in [0.05, 0.1) is 0 Å². The van der Waals surface area contributed by atoms with Crippen molar-refractivity contribution in [3.05, 3.63) is 22.8 Å². The van der Waals surface area contributed by atoms with E-state index in [9.17, 15) is 0 Å². The van der Waals surface area contributed by atoms with Gasteiger partial charge >= 0.3 is 0 Å². The second kappa shape index (κ2) is 2.50. The molecule has 0 aromatic rings. The Labute approximate surface area is 80.7 Å². The predicted molar refractivity (Wildman–Crippen MR) is 55.4 cm³/mol. The Hall–Kier alpha value is -0.520. The molecular weight excluding hydrogens is 156 g/mol. The number of hydrogen-bond acceptors (Lipinski definition) is 0. The SMILES string of the molecule is CC=C(CC)C1CC1=C1CC2CC12. The van der Waals surface area contributed by atoms with Gasteiger partial charge in [-0.25, -0.2) is 0 Å². The maximum absolute atomic E-state index is 2.33. The van der Waals surface area contributed by atoms with E-state index in [1.165, 1.54) is 25.7 Å². The summed E-state index contributed by atoms with van der Waals surface area (Å²) in [5, 5.41) is 0. The fourth-order valence-electron chi connectivity index (χ4n) is 3.07. The van der Waals surface area contributed by atoms with Crippen LogP contribution in [0.3, 0.4) is 0 Å². The van der Waals surface area contributed by atoms with Gasteiger partial charge in [-0.05, 0) is 44.4 Å². The van der Waals surface area contributed by atoms with Crippen LogP contribution in [0, 0.1) is 17.8 Å². The molecule has 0 aromatic carbocycles. The minimum Gasteiger partial charge on any atom is -0.0878 e. The van der Waals surface area contributed by atoms with E-state index in [1.807, 2.05) is 11.1 Å². The fourth-order valence-corrected chi connectivity index (χ4v) is 3.07.